The van der Waals surface area contributed by atoms with E-state index in [1.54, 1.807) is 12.1 Å². The van der Waals surface area contributed by atoms with Crippen LogP contribution in [0.15, 0.2) is 36.4 Å². The van der Waals surface area contributed by atoms with E-state index < -0.39 is 17.5 Å². The van der Waals surface area contributed by atoms with E-state index >= 15 is 0 Å². The topological polar surface area (TPSA) is 76.7 Å². The van der Waals surface area contributed by atoms with Gasteiger partial charge >= 0.3 is 0 Å². The first-order valence-corrected chi connectivity index (χ1v) is 8.15. The fraction of sp³-hybridized carbons (Fsp3) is 0.263. The van der Waals surface area contributed by atoms with Gasteiger partial charge in [-0.2, -0.15) is 0 Å². The van der Waals surface area contributed by atoms with Crippen molar-refractivity contribution in [3.05, 3.63) is 53.6 Å². The van der Waals surface area contributed by atoms with E-state index in [0.29, 0.717) is 24.0 Å². The van der Waals surface area contributed by atoms with Gasteiger partial charge < -0.3 is 20.1 Å². The molecule has 2 rings (SSSR count). The summed E-state index contributed by atoms with van der Waals surface area (Å²) < 4.78 is 36.7. The molecule has 0 fully saturated rings. The normalized spacial score (nSPS) is 10.2. The van der Waals surface area contributed by atoms with Crippen molar-refractivity contribution in [1.82, 2.24) is 5.32 Å². The van der Waals surface area contributed by atoms with Gasteiger partial charge in [-0.05, 0) is 36.2 Å². The maximum absolute atomic E-state index is 13.5. The lowest BCUT2D eigenvalue weighted by molar-refractivity contribution is -0.124. The first kappa shape index (κ1) is 20.2. The van der Waals surface area contributed by atoms with Gasteiger partial charge in [-0.15, -0.1) is 0 Å². The van der Waals surface area contributed by atoms with Crippen LogP contribution < -0.4 is 20.1 Å². The summed E-state index contributed by atoms with van der Waals surface area (Å²) >= 11 is 0. The molecule has 8 heteroatoms. The molecule has 0 atom stereocenters. The molecule has 27 heavy (non-hydrogen) atoms. The van der Waals surface area contributed by atoms with Crippen molar-refractivity contribution in [3.8, 4) is 11.5 Å². The first-order chi connectivity index (χ1) is 12.9. The number of anilines is 1. The standard InChI is InChI=1S/C19H20F2N2O4/c1-26-16-7-3-12(9-17(16)27-2)4-8-18(24)22-11-19(25)23-15-6-5-13(20)10-14(15)21/h3,5-7,9-10H,4,8,11H2,1-2H3,(H,22,24)(H,23,25). The molecule has 0 bridgehead atoms. The lowest BCUT2D eigenvalue weighted by Crippen LogP contribution is -2.33. The van der Waals surface area contributed by atoms with Crippen molar-refractivity contribution in [2.24, 2.45) is 0 Å². The third-order valence-corrected chi connectivity index (χ3v) is 3.74. The second-order valence-corrected chi connectivity index (χ2v) is 5.64. The molecule has 0 aromatic heterocycles. The highest BCUT2D eigenvalue weighted by Gasteiger charge is 2.10. The molecule has 144 valence electrons. The number of hydrogen-bond acceptors (Lipinski definition) is 4. The lowest BCUT2D eigenvalue weighted by Gasteiger charge is -2.10. The highest BCUT2D eigenvalue weighted by molar-refractivity contribution is 5.94. The lowest BCUT2D eigenvalue weighted by atomic mass is 10.1. The number of rotatable bonds is 8. The molecule has 0 aliphatic rings. The maximum atomic E-state index is 13.5. The Balaban J connectivity index is 1.79. The number of hydrogen-bond donors (Lipinski definition) is 2. The van der Waals surface area contributed by atoms with Crippen LogP contribution in [0.1, 0.15) is 12.0 Å². The number of carbonyl (C=O) groups excluding carboxylic acids is 2. The van der Waals surface area contributed by atoms with Crippen LogP contribution in [0.3, 0.4) is 0 Å². The van der Waals surface area contributed by atoms with Gasteiger partial charge in [-0.3, -0.25) is 9.59 Å². The van der Waals surface area contributed by atoms with Gasteiger partial charge in [0.15, 0.2) is 11.5 Å². The van der Waals surface area contributed by atoms with E-state index in [0.717, 1.165) is 17.7 Å². The number of amides is 2. The van der Waals surface area contributed by atoms with Crippen LogP contribution >= 0.6 is 0 Å². The van der Waals surface area contributed by atoms with Crippen LogP contribution in [0.4, 0.5) is 14.5 Å². The van der Waals surface area contributed by atoms with Crippen LogP contribution in [0.25, 0.3) is 0 Å². The second-order valence-electron chi connectivity index (χ2n) is 5.64. The highest BCUT2D eigenvalue weighted by atomic mass is 19.1. The van der Waals surface area contributed by atoms with Crippen LogP contribution in [-0.4, -0.2) is 32.6 Å². The first-order valence-electron chi connectivity index (χ1n) is 8.15. The maximum Gasteiger partial charge on any atom is 0.243 e. The SMILES string of the molecule is COc1ccc(CCC(=O)NCC(=O)Nc2ccc(F)cc2F)cc1OC. The monoisotopic (exact) mass is 378 g/mol. The number of ether oxygens (including phenoxy) is 2. The van der Waals surface area contributed by atoms with Gasteiger partial charge in [0.2, 0.25) is 11.8 Å². The van der Waals surface area contributed by atoms with Crippen molar-refractivity contribution in [3.63, 3.8) is 0 Å². The molecule has 2 aromatic carbocycles. The zero-order valence-corrected chi connectivity index (χ0v) is 15.0. The molecule has 2 N–H and O–H groups in total. The summed E-state index contributed by atoms with van der Waals surface area (Å²) in [5.41, 5.74) is 0.724. The smallest absolute Gasteiger partial charge is 0.243 e. The van der Waals surface area contributed by atoms with Crippen LogP contribution in [0.5, 0.6) is 11.5 Å². The highest BCUT2D eigenvalue weighted by Crippen LogP contribution is 2.27. The zero-order chi connectivity index (χ0) is 19.8. The molecule has 0 heterocycles. The second kappa shape index (κ2) is 9.51. The van der Waals surface area contributed by atoms with Crippen molar-refractivity contribution >= 4 is 17.5 Å². The Morgan fingerprint density at radius 3 is 2.37 bits per heavy atom. The number of nitrogens with one attached hydrogen (secondary N) is 2. The fourth-order valence-electron chi connectivity index (χ4n) is 2.35. The van der Waals surface area contributed by atoms with Crippen molar-refractivity contribution in [2.45, 2.75) is 12.8 Å². The van der Waals surface area contributed by atoms with E-state index in [1.165, 1.54) is 14.2 Å². The Morgan fingerprint density at radius 2 is 1.70 bits per heavy atom. The molecule has 0 aliphatic carbocycles. The van der Waals surface area contributed by atoms with E-state index in [2.05, 4.69) is 10.6 Å². The summed E-state index contributed by atoms with van der Waals surface area (Å²) in [5.74, 6) is -1.41. The number of carbonyl (C=O) groups is 2. The molecule has 0 unspecified atom stereocenters. The number of benzene rings is 2. The summed E-state index contributed by atoms with van der Waals surface area (Å²) in [4.78, 5) is 23.7. The quantitative estimate of drug-likeness (QED) is 0.741. The number of aryl methyl sites for hydroxylation is 1. The third-order valence-electron chi connectivity index (χ3n) is 3.74. The Hall–Kier alpha value is -3.16. The summed E-state index contributed by atoms with van der Waals surface area (Å²) in [7, 11) is 3.06. The Bertz CT molecular complexity index is 827. The summed E-state index contributed by atoms with van der Waals surface area (Å²) in [6, 6.07) is 8.14. The Morgan fingerprint density at radius 1 is 0.963 bits per heavy atom. The average Bonchev–Trinajstić information content (AvgIpc) is 2.66. The van der Waals surface area contributed by atoms with Crippen molar-refractivity contribution in [1.29, 1.82) is 0 Å². The molecule has 0 radical (unpaired) electrons. The largest absolute Gasteiger partial charge is 0.493 e. The average molecular weight is 378 g/mol. The molecule has 0 spiro atoms. The molecule has 6 nitrogen and oxygen atoms in total. The van der Waals surface area contributed by atoms with Crippen LogP contribution in [0.2, 0.25) is 0 Å². The summed E-state index contributed by atoms with van der Waals surface area (Å²) in [6.45, 7) is -0.318. The van der Waals surface area contributed by atoms with E-state index in [4.69, 9.17) is 9.47 Å². The van der Waals surface area contributed by atoms with Crippen LogP contribution in [0, 0.1) is 11.6 Å². The third kappa shape index (κ3) is 5.95. The Labute approximate surface area is 155 Å². The van der Waals surface area contributed by atoms with Gasteiger partial charge in [0.25, 0.3) is 0 Å². The van der Waals surface area contributed by atoms with Gasteiger partial charge in [-0.25, -0.2) is 8.78 Å². The predicted octanol–water partition coefficient (Wildman–Crippen LogP) is 2.67. The van der Waals surface area contributed by atoms with Gasteiger partial charge in [0, 0.05) is 12.5 Å². The predicted molar refractivity (Wildman–Crippen MR) is 95.9 cm³/mol. The van der Waals surface area contributed by atoms with Gasteiger partial charge in [0.1, 0.15) is 11.6 Å². The summed E-state index contributed by atoms with van der Waals surface area (Å²) in [5, 5.41) is 4.72. The van der Waals surface area contributed by atoms with Crippen molar-refractivity contribution < 1.29 is 27.8 Å². The minimum absolute atomic E-state index is 0.152. The number of halogens is 2. The minimum Gasteiger partial charge on any atom is -0.493 e. The van der Waals surface area contributed by atoms with Crippen LogP contribution in [-0.2, 0) is 16.0 Å². The molecule has 2 amide bonds. The van der Waals surface area contributed by atoms with E-state index in [9.17, 15) is 18.4 Å². The molecule has 2 aromatic rings. The Kier molecular flexibility index (Phi) is 7.10. The molecule has 0 saturated carbocycles. The fourth-order valence-corrected chi connectivity index (χ4v) is 2.35. The molecule has 0 saturated heterocycles. The van der Waals surface area contributed by atoms with Gasteiger partial charge in [-0.1, -0.05) is 6.07 Å². The van der Waals surface area contributed by atoms with E-state index in [1.807, 2.05) is 6.07 Å². The molecular formula is C19H20F2N2O4. The minimum atomic E-state index is -0.886. The molecule has 0 aliphatic heterocycles. The summed E-state index contributed by atoms with van der Waals surface area (Å²) in [6.07, 6.45) is 0.605. The molecular weight excluding hydrogens is 358 g/mol. The van der Waals surface area contributed by atoms with Crippen molar-refractivity contribution in [2.75, 3.05) is 26.1 Å². The zero-order valence-electron chi connectivity index (χ0n) is 15.0. The van der Waals surface area contributed by atoms with E-state index in [-0.39, 0.29) is 24.6 Å². The number of methoxy groups -OCH3 is 2. The van der Waals surface area contributed by atoms with Gasteiger partial charge in [0.05, 0.1) is 26.5 Å².